The van der Waals surface area contributed by atoms with Crippen LogP contribution >= 0.6 is 0 Å². The molecule has 90 valence electrons. The number of nitrogens with one attached hydrogen (secondary N) is 1. The van der Waals surface area contributed by atoms with Gasteiger partial charge in [0, 0.05) is 19.8 Å². The van der Waals surface area contributed by atoms with Crippen molar-refractivity contribution in [2.24, 2.45) is 5.41 Å². The van der Waals surface area contributed by atoms with E-state index in [1.54, 1.807) is 13.0 Å². The zero-order chi connectivity index (χ0) is 12.0. The number of carbonyl (C=O) groups is 2. The molecule has 0 unspecified atom stereocenters. The number of allylic oxidation sites excluding steroid dienone is 1. The first-order chi connectivity index (χ1) is 7.60. The Morgan fingerprint density at radius 3 is 2.56 bits per heavy atom. The van der Waals surface area contributed by atoms with E-state index in [2.05, 4.69) is 5.32 Å². The highest BCUT2D eigenvalue weighted by Gasteiger charge is 2.40. The summed E-state index contributed by atoms with van der Waals surface area (Å²) in [4.78, 5) is 22.5. The fourth-order valence-corrected chi connectivity index (χ4v) is 1.70. The van der Waals surface area contributed by atoms with Crippen LogP contribution in [-0.4, -0.2) is 36.7 Å². The highest BCUT2D eigenvalue weighted by atomic mass is 16.5. The summed E-state index contributed by atoms with van der Waals surface area (Å²) in [5, 5.41) is 11.8. The molecule has 1 amide bonds. The number of hydrogen-bond acceptors (Lipinski definition) is 3. The van der Waals surface area contributed by atoms with Gasteiger partial charge in [-0.05, 0) is 25.8 Å². The third-order valence-corrected chi connectivity index (χ3v) is 2.82. The van der Waals surface area contributed by atoms with Crippen molar-refractivity contribution >= 4 is 11.9 Å². The Balaban J connectivity index is 2.57. The second-order valence-electron chi connectivity index (χ2n) is 3.92. The molecule has 0 radical (unpaired) electrons. The number of rotatable bonds is 4. The van der Waals surface area contributed by atoms with E-state index < -0.39 is 11.4 Å². The lowest BCUT2D eigenvalue weighted by atomic mass is 9.80. The van der Waals surface area contributed by atoms with Crippen LogP contribution in [0, 0.1) is 5.41 Å². The average molecular weight is 227 g/mol. The zero-order valence-electron chi connectivity index (χ0n) is 9.36. The summed E-state index contributed by atoms with van der Waals surface area (Å²) in [6.07, 6.45) is 3.89. The molecule has 0 aromatic carbocycles. The van der Waals surface area contributed by atoms with Crippen molar-refractivity contribution in [3.63, 3.8) is 0 Å². The molecule has 5 heteroatoms. The Morgan fingerprint density at radius 1 is 1.44 bits per heavy atom. The SMILES string of the molecule is C/C=C/C(=O)NCC1(C(=O)O)CCOCC1. The molecular formula is C11H17NO4. The lowest BCUT2D eigenvalue weighted by Gasteiger charge is -2.32. The van der Waals surface area contributed by atoms with Crippen LogP contribution in [0.1, 0.15) is 19.8 Å². The molecule has 1 aliphatic heterocycles. The molecule has 0 spiro atoms. The number of ether oxygens (including phenoxy) is 1. The molecule has 1 aliphatic rings. The highest BCUT2D eigenvalue weighted by molar-refractivity contribution is 5.88. The second kappa shape index (κ2) is 5.65. The monoisotopic (exact) mass is 227 g/mol. The molecule has 2 N–H and O–H groups in total. The maximum Gasteiger partial charge on any atom is 0.311 e. The highest BCUT2D eigenvalue weighted by Crippen LogP contribution is 2.29. The maximum absolute atomic E-state index is 11.2. The first kappa shape index (κ1) is 12.7. The summed E-state index contributed by atoms with van der Waals surface area (Å²) >= 11 is 0. The minimum absolute atomic E-state index is 0.162. The normalized spacial score (nSPS) is 19.6. The number of hydrogen-bond donors (Lipinski definition) is 2. The lowest BCUT2D eigenvalue weighted by Crippen LogP contribution is -2.46. The molecule has 0 aromatic rings. The van der Waals surface area contributed by atoms with Gasteiger partial charge in [-0.15, -0.1) is 0 Å². The van der Waals surface area contributed by atoms with Gasteiger partial charge in [-0.1, -0.05) is 6.08 Å². The Kier molecular flexibility index (Phi) is 4.49. The van der Waals surface area contributed by atoms with Crippen molar-refractivity contribution < 1.29 is 19.4 Å². The number of carboxylic acid groups (broad SMARTS) is 1. The van der Waals surface area contributed by atoms with Gasteiger partial charge in [-0.25, -0.2) is 0 Å². The van der Waals surface area contributed by atoms with Gasteiger partial charge in [-0.3, -0.25) is 9.59 Å². The van der Waals surface area contributed by atoms with E-state index in [0.29, 0.717) is 26.1 Å². The standard InChI is InChI=1S/C11H17NO4/c1-2-3-9(13)12-8-11(10(14)15)4-6-16-7-5-11/h2-3H,4-8H2,1H3,(H,12,13)(H,14,15)/b3-2+. The van der Waals surface area contributed by atoms with E-state index in [0.717, 1.165) is 0 Å². The topological polar surface area (TPSA) is 75.6 Å². The number of amides is 1. The number of carboxylic acids is 1. The van der Waals surface area contributed by atoms with Gasteiger partial charge >= 0.3 is 5.97 Å². The Bertz CT molecular complexity index is 292. The quantitative estimate of drug-likeness (QED) is 0.688. The number of carbonyl (C=O) groups excluding carboxylic acids is 1. The molecule has 1 rings (SSSR count). The molecule has 0 saturated carbocycles. The van der Waals surface area contributed by atoms with Crippen molar-refractivity contribution in [3.8, 4) is 0 Å². The maximum atomic E-state index is 11.2. The van der Waals surface area contributed by atoms with Gasteiger partial charge < -0.3 is 15.2 Å². The Labute approximate surface area is 94.5 Å². The van der Waals surface area contributed by atoms with Crippen molar-refractivity contribution in [2.45, 2.75) is 19.8 Å². The Hall–Kier alpha value is -1.36. The van der Waals surface area contributed by atoms with Gasteiger partial charge in [0.1, 0.15) is 0 Å². The third kappa shape index (κ3) is 3.06. The van der Waals surface area contributed by atoms with Crippen LogP contribution < -0.4 is 5.32 Å². The molecule has 5 nitrogen and oxygen atoms in total. The molecule has 1 saturated heterocycles. The van der Waals surface area contributed by atoms with Gasteiger partial charge in [0.05, 0.1) is 5.41 Å². The van der Waals surface area contributed by atoms with Crippen molar-refractivity contribution in [1.29, 1.82) is 0 Å². The van der Waals surface area contributed by atoms with Crippen LogP contribution in [-0.2, 0) is 14.3 Å². The summed E-state index contributed by atoms with van der Waals surface area (Å²) in [5.74, 6) is -1.12. The Morgan fingerprint density at radius 2 is 2.06 bits per heavy atom. The van der Waals surface area contributed by atoms with E-state index in [9.17, 15) is 14.7 Å². The molecule has 1 fully saturated rings. The first-order valence-corrected chi connectivity index (χ1v) is 5.32. The predicted molar refractivity (Wildman–Crippen MR) is 57.9 cm³/mol. The fraction of sp³-hybridized carbons (Fsp3) is 0.636. The van der Waals surface area contributed by atoms with Gasteiger partial charge in [0.15, 0.2) is 0 Å². The fourth-order valence-electron chi connectivity index (χ4n) is 1.70. The van der Waals surface area contributed by atoms with Crippen LogP contribution in [0.25, 0.3) is 0 Å². The largest absolute Gasteiger partial charge is 0.481 e. The molecule has 16 heavy (non-hydrogen) atoms. The molecular weight excluding hydrogens is 210 g/mol. The van der Waals surface area contributed by atoms with Gasteiger partial charge in [0.2, 0.25) is 5.91 Å². The van der Waals surface area contributed by atoms with Gasteiger partial charge in [-0.2, -0.15) is 0 Å². The third-order valence-electron chi connectivity index (χ3n) is 2.82. The summed E-state index contributed by atoms with van der Waals surface area (Å²) in [7, 11) is 0. The second-order valence-corrected chi connectivity index (χ2v) is 3.92. The van der Waals surface area contributed by atoms with E-state index in [1.165, 1.54) is 6.08 Å². The van der Waals surface area contributed by atoms with E-state index in [4.69, 9.17) is 4.74 Å². The van der Waals surface area contributed by atoms with Crippen molar-refractivity contribution in [2.75, 3.05) is 19.8 Å². The zero-order valence-corrected chi connectivity index (χ0v) is 9.36. The van der Waals surface area contributed by atoms with Crippen LogP contribution in [0.3, 0.4) is 0 Å². The predicted octanol–water partition coefficient (Wildman–Crippen LogP) is 0.560. The first-order valence-electron chi connectivity index (χ1n) is 5.32. The van der Waals surface area contributed by atoms with Crippen LogP contribution in [0.15, 0.2) is 12.2 Å². The van der Waals surface area contributed by atoms with Crippen LogP contribution in [0.5, 0.6) is 0 Å². The molecule has 0 bridgehead atoms. The van der Waals surface area contributed by atoms with Crippen LogP contribution in [0.4, 0.5) is 0 Å². The summed E-state index contributed by atoms with van der Waals surface area (Å²) < 4.78 is 5.14. The summed E-state index contributed by atoms with van der Waals surface area (Å²) in [5.41, 5.74) is -0.866. The van der Waals surface area contributed by atoms with Crippen molar-refractivity contribution in [1.82, 2.24) is 5.32 Å². The molecule has 0 atom stereocenters. The summed E-state index contributed by atoms with van der Waals surface area (Å²) in [6.45, 7) is 2.77. The average Bonchev–Trinajstić information content (AvgIpc) is 2.28. The minimum Gasteiger partial charge on any atom is -0.481 e. The molecule has 0 aromatic heterocycles. The smallest absolute Gasteiger partial charge is 0.311 e. The minimum atomic E-state index is -0.866. The van der Waals surface area contributed by atoms with E-state index in [-0.39, 0.29) is 12.5 Å². The van der Waals surface area contributed by atoms with Crippen molar-refractivity contribution in [3.05, 3.63) is 12.2 Å². The summed E-state index contributed by atoms with van der Waals surface area (Å²) in [6, 6.07) is 0. The number of aliphatic carboxylic acids is 1. The molecule has 1 heterocycles. The van der Waals surface area contributed by atoms with Gasteiger partial charge in [0.25, 0.3) is 0 Å². The van der Waals surface area contributed by atoms with Crippen LogP contribution in [0.2, 0.25) is 0 Å². The lowest BCUT2D eigenvalue weighted by molar-refractivity contribution is -0.154. The molecule has 0 aliphatic carbocycles. The van der Waals surface area contributed by atoms with E-state index >= 15 is 0 Å². The van der Waals surface area contributed by atoms with E-state index in [1.807, 2.05) is 0 Å².